The van der Waals surface area contributed by atoms with Gasteiger partial charge in [0.15, 0.2) is 0 Å². The van der Waals surface area contributed by atoms with E-state index in [-0.39, 0.29) is 6.04 Å². The molecule has 0 aliphatic carbocycles. The van der Waals surface area contributed by atoms with Gasteiger partial charge in [0.2, 0.25) is 0 Å². The fourth-order valence-corrected chi connectivity index (χ4v) is 1.90. The van der Waals surface area contributed by atoms with Gasteiger partial charge in [-0.25, -0.2) is 9.67 Å². The highest BCUT2D eigenvalue weighted by Crippen LogP contribution is 2.21. The van der Waals surface area contributed by atoms with E-state index >= 15 is 0 Å². The van der Waals surface area contributed by atoms with Crippen molar-refractivity contribution in [1.29, 1.82) is 0 Å². The van der Waals surface area contributed by atoms with Gasteiger partial charge in [-0.1, -0.05) is 34.6 Å². The lowest BCUT2D eigenvalue weighted by Crippen LogP contribution is -2.27. The third kappa shape index (κ3) is 5.63. The normalized spacial score (nSPS) is 14.2. The van der Waals surface area contributed by atoms with Gasteiger partial charge in [-0.15, -0.1) is 0 Å². The van der Waals surface area contributed by atoms with Crippen LogP contribution in [0.25, 0.3) is 0 Å². The third-order valence-electron chi connectivity index (χ3n) is 2.94. The van der Waals surface area contributed by atoms with Crippen LogP contribution in [0, 0.1) is 11.3 Å². The van der Waals surface area contributed by atoms with Crippen molar-refractivity contribution in [2.24, 2.45) is 17.1 Å². The summed E-state index contributed by atoms with van der Waals surface area (Å²) < 4.78 is 1.99. The Balaban J connectivity index is 2.49. The van der Waals surface area contributed by atoms with Crippen LogP contribution in [-0.2, 0) is 13.0 Å². The van der Waals surface area contributed by atoms with Crippen LogP contribution in [-0.4, -0.2) is 20.8 Å². The highest BCUT2D eigenvalue weighted by atomic mass is 15.3. The molecule has 1 unspecified atom stereocenters. The Bertz CT molecular complexity index is 349. The smallest absolute Gasteiger partial charge is 0.138 e. The van der Waals surface area contributed by atoms with Crippen LogP contribution in [0.1, 0.15) is 53.3 Å². The van der Waals surface area contributed by atoms with E-state index in [0.29, 0.717) is 11.3 Å². The molecule has 4 nitrogen and oxygen atoms in total. The van der Waals surface area contributed by atoms with E-state index in [4.69, 9.17) is 5.73 Å². The third-order valence-corrected chi connectivity index (χ3v) is 2.94. The van der Waals surface area contributed by atoms with Gasteiger partial charge in [0.05, 0.1) is 0 Å². The largest absolute Gasteiger partial charge is 0.327 e. The number of hydrogen-bond donors (Lipinski definition) is 1. The van der Waals surface area contributed by atoms with Crippen molar-refractivity contribution in [3.05, 3.63) is 12.2 Å². The lowest BCUT2D eigenvalue weighted by atomic mass is 9.88. The van der Waals surface area contributed by atoms with E-state index in [0.717, 1.165) is 31.6 Å². The predicted molar refractivity (Wildman–Crippen MR) is 75.2 cm³/mol. The summed E-state index contributed by atoms with van der Waals surface area (Å²) in [5.74, 6) is 1.60. The molecule has 1 aromatic heterocycles. The maximum atomic E-state index is 6.19. The second kappa shape index (κ2) is 6.32. The number of nitrogens with zero attached hydrogens (tertiary/aromatic N) is 3. The summed E-state index contributed by atoms with van der Waals surface area (Å²) in [5.41, 5.74) is 6.54. The van der Waals surface area contributed by atoms with E-state index in [9.17, 15) is 0 Å². The fourth-order valence-electron chi connectivity index (χ4n) is 1.90. The predicted octanol–water partition coefficient (Wildman–Crippen LogP) is 2.63. The minimum absolute atomic E-state index is 0.180. The topological polar surface area (TPSA) is 56.7 Å². The average molecular weight is 252 g/mol. The molecule has 104 valence electrons. The molecule has 2 N–H and O–H groups in total. The molecule has 0 bridgehead atoms. The summed E-state index contributed by atoms with van der Waals surface area (Å²) in [4.78, 5) is 4.33. The van der Waals surface area contributed by atoms with Gasteiger partial charge in [0, 0.05) is 19.0 Å². The highest BCUT2D eigenvalue weighted by Gasteiger charge is 2.15. The van der Waals surface area contributed by atoms with Crippen LogP contribution in [0.5, 0.6) is 0 Å². The van der Waals surface area contributed by atoms with Crippen molar-refractivity contribution in [2.45, 2.75) is 66.5 Å². The molecular formula is C14H28N4. The Labute approximate surface area is 111 Å². The molecule has 1 rings (SSSR count). The zero-order valence-electron chi connectivity index (χ0n) is 12.5. The Kier molecular flexibility index (Phi) is 5.32. The average Bonchev–Trinajstić information content (AvgIpc) is 2.61. The lowest BCUT2D eigenvalue weighted by Gasteiger charge is -2.20. The molecule has 4 heteroatoms. The summed E-state index contributed by atoms with van der Waals surface area (Å²) in [7, 11) is 0. The Morgan fingerprint density at radius 1 is 1.33 bits per heavy atom. The van der Waals surface area contributed by atoms with E-state index in [2.05, 4.69) is 44.7 Å². The summed E-state index contributed by atoms with van der Waals surface area (Å²) in [6.07, 6.45) is 4.64. The maximum absolute atomic E-state index is 6.19. The first kappa shape index (κ1) is 15.2. The molecule has 0 spiro atoms. The van der Waals surface area contributed by atoms with Crippen LogP contribution in [0.15, 0.2) is 6.33 Å². The van der Waals surface area contributed by atoms with Gasteiger partial charge in [-0.2, -0.15) is 5.10 Å². The number of aromatic nitrogens is 3. The van der Waals surface area contributed by atoms with Crippen LogP contribution in [0.3, 0.4) is 0 Å². The van der Waals surface area contributed by atoms with Crippen LogP contribution in [0.2, 0.25) is 0 Å². The van der Waals surface area contributed by atoms with Gasteiger partial charge in [0.25, 0.3) is 0 Å². The summed E-state index contributed by atoms with van der Waals surface area (Å²) in [6.45, 7) is 12.0. The van der Waals surface area contributed by atoms with Gasteiger partial charge in [0.1, 0.15) is 12.2 Å². The first-order valence-corrected chi connectivity index (χ1v) is 6.90. The van der Waals surface area contributed by atoms with E-state index in [1.54, 1.807) is 6.33 Å². The zero-order valence-corrected chi connectivity index (χ0v) is 12.5. The summed E-state index contributed by atoms with van der Waals surface area (Å²) >= 11 is 0. The Morgan fingerprint density at radius 3 is 2.56 bits per heavy atom. The molecule has 0 saturated heterocycles. The summed E-state index contributed by atoms with van der Waals surface area (Å²) in [6, 6.07) is 0.180. The highest BCUT2D eigenvalue weighted by molar-refractivity contribution is 4.89. The van der Waals surface area contributed by atoms with E-state index in [1.165, 1.54) is 0 Å². The molecule has 1 atom stereocenters. The van der Waals surface area contributed by atoms with Crippen molar-refractivity contribution in [3.63, 3.8) is 0 Å². The molecule has 0 saturated carbocycles. The monoisotopic (exact) mass is 252 g/mol. The molecule has 1 aromatic rings. The molecule has 0 amide bonds. The molecule has 18 heavy (non-hydrogen) atoms. The number of nitrogens with two attached hydrogens (primary N) is 1. The SMILES string of the molecule is CC(C)Cn1ncnc1CC(N)CCC(C)(C)C. The maximum Gasteiger partial charge on any atom is 0.138 e. The van der Waals surface area contributed by atoms with Crippen molar-refractivity contribution in [1.82, 2.24) is 14.8 Å². The minimum atomic E-state index is 0.180. The minimum Gasteiger partial charge on any atom is -0.327 e. The molecule has 0 radical (unpaired) electrons. The van der Waals surface area contributed by atoms with Crippen molar-refractivity contribution in [2.75, 3.05) is 0 Å². The second-order valence-electron chi connectivity index (χ2n) is 6.82. The van der Waals surface area contributed by atoms with Crippen LogP contribution < -0.4 is 5.73 Å². The van der Waals surface area contributed by atoms with Gasteiger partial charge in [-0.3, -0.25) is 0 Å². The standard InChI is InChI=1S/C14H28N4/c1-11(2)9-18-13(16-10-17-18)8-12(15)6-7-14(3,4)5/h10-12H,6-9,15H2,1-5H3. The van der Waals surface area contributed by atoms with E-state index < -0.39 is 0 Å². The molecule has 0 aromatic carbocycles. The Hall–Kier alpha value is -0.900. The second-order valence-corrected chi connectivity index (χ2v) is 6.82. The van der Waals surface area contributed by atoms with Gasteiger partial charge < -0.3 is 5.73 Å². The molecular weight excluding hydrogens is 224 g/mol. The number of hydrogen-bond acceptors (Lipinski definition) is 3. The van der Waals surface area contributed by atoms with Gasteiger partial charge in [-0.05, 0) is 24.2 Å². The van der Waals surface area contributed by atoms with Crippen LogP contribution >= 0.6 is 0 Å². The van der Waals surface area contributed by atoms with Crippen LogP contribution in [0.4, 0.5) is 0 Å². The van der Waals surface area contributed by atoms with Crippen molar-refractivity contribution >= 4 is 0 Å². The van der Waals surface area contributed by atoms with Gasteiger partial charge >= 0.3 is 0 Å². The molecule has 1 heterocycles. The fraction of sp³-hybridized carbons (Fsp3) is 0.857. The Morgan fingerprint density at radius 2 is 2.00 bits per heavy atom. The first-order chi connectivity index (χ1) is 8.28. The quantitative estimate of drug-likeness (QED) is 0.846. The molecule has 0 aliphatic rings. The van der Waals surface area contributed by atoms with Crippen molar-refractivity contribution < 1.29 is 0 Å². The zero-order chi connectivity index (χ0) is 13.8. The lowest BCUT2D eigenvalue weighted by molar-refractivity contribution is 0.344. The molecule has 0 fully saturated rings. The number of rotatable bonds is 6. The summed E-state index contributed by atoms with van der Waals surface area (Å²) in [5, 5.41) is 4.27. The van der Waals surface area contributed by atoms with Crippen molar-refractivity contribution in [3.8, 4) is 0 Å². The first-order valence-electron chi connectivity index (χ1n) is 6.90. The molecule has 0 aliphatic heterocycles. The van der Waals surface area contributed by atoms with E-state index in [1.807, 2.05) is 4.68 Å².